The van der Waals surface area contributed by atoms with Gasteiger partial charge in [0.2, 0.25) is 0 Å². The zero-order valence-electron chi connectivity index (χ0n) is 13.9. The van der Waals surface area contributed by atoms with Crippen LogP contribution in [0.2, 0.25) is 0 Å². The Balaban J connectivity index is 2.50. The molecule has 0 fully saturated rings. The van der Waals surface area contributed by atoms with Crippen molar-refractivity contribution in [3.8, 4) is 0 Å². The maximum atomic E-state index is 8.26. The average Bonchev–Trinajstić information content (AvgIpc) is 2.73. The summed E-state index contributed by atoms with van der Waals surface area (Å²) in [5, 5.41) is 2.03. The third-order valence-corrected chi connectivity index (χ3v) is 3.60. The first kappa shape index (κ1) is 10.1. The van der Waals surface area contributed by atoms with E-state index in [2.05, 4.69) is 26.8 Å². The first-order valence-corrected chi connectivity index (χ1v) is 6.65. The monoisotopic (exact) mass is 254 g/mol. The summed E-state index contributed by atoms with van der Waals surface area (Å²) in [4.78, 5) is 0. The highest BCUT2D eigenvalue weighted by atomic mass is 16.3. The summed E-state index contributed by atoms with van der Waals surface area (Å²) in [6.45, 7) is 7.91. The third-order valence-electron chi connectivity index (χ3n) is 3.60. The van der Waals surface area contributed by atoms with Gasteiger partial charge < -0.3 is 4.42 Å². The number of aryl methyl sites for hydroxylation is 1. The molecule has 0 aliphatic carbocycles. The molecular formula is C18H20O. The summed E-state index contributed by atoms with van der Waals surface area (Å²) in [5.74, 6) is 0. The lowest BCUT2D eigenvalue weighted by Gasteiger charge is -2.22. The molecule has 3 rings (SSSR count). The molecule has 0 saturated heterocycles. The summed E-state index contributed by atoms with van der Waals surface area (Å²) in [6.07, 6.45) is -1.45. The maximum Gasteiger partial charge on any atom is 0.138 e. The molecular weight excluding hydrogens is 232 g/mol. The molecule has 3 aromatic rings. The molecule has 19 heavy (non-hydrogen) atoms. The predicted molar refractivity (Wildman–Crippen MR) is 81.8 cm³/mol. The van der Waals surface area contributed by atoms with Crippen molar-refractivity contribution in [3.63, 3.8) is 0 Å². The maximum absolute atomic E-state index is 8.26. The van der Waals surface area contributed by atoms with Gasteiger partial charge >= 0.3 is 0 Å². The molecule has 0 aliphatic heterocycles. The van der Waals surface area contributed by atoms with Crippen molar-refractivity contribution >= 4 is 21.9 Å². The van der Waals surface area contributed by atoms with Gasteiger partial charge in [-0.15, -0.1) is 0 Å². The van der Waals surface area contributed by atoms with Gasteiger partial charge in [0.25, 0.3) is 0 Å². The number of hydrogen-bond acceptors (Lipinski definition) is 1. The molecule has 0 saturated carbocycles. The van der Waals surface area contributed by atoms with Crippen molar-refractivity contribution in [2.24, 2.45) is 0 Å². The second-order valence-electron chi connectivity index (χ2n) is 5.96. The van der Waals surface area contributed by atoms with Gasteiger partial charge in [-0.1, -0.05) is 58.0 Å². The summed E-state index contributed by atoms with van der Waals surface area (Å²) in [5.41, 5.74) is 3.02. The quantitative estimate of drug-likeness (QED) is 0.563. The minimum atomic E-state index is -1.45. The van der Waals surface area contributed by atoms with E-state index in [4.69, 9.17) is 7.16 Å². The van der Waals surface area contributed by atoms with Crippen molar-refractivity contribution in [1.29, 1.82) is 0 Å². The van der Waals surface area contributed by atoms with Gasteiger partial charge in [0.05, 0.1) is 0 Å². The van der Waals surface area contributed by atoms with Crippen LogP contribution in [0, 0.1) is 0 Å². The molecule has 0 radical (unpaired) electrons. The zero-order chi connectivity index (χ0) is 15.4. The van der Waals surface area contributed by atoms with Gasteiger partial charge in [0, 0.05) is 13.5 Å². The van der Waals surface area contributed by atoms with E-state index in [9.17, 15) is 0 Å². The van der Waals surface area contributed by atoms with E-state index in [-0.39, 0.29) is 5.41 Å². The number of furan rings is 1. The molecule has 1 aromatic heterocycles. The predicted octanol–water partition coefficient (Wildman–Crippen LogP) is 5.45. The molecule has 0 amide bonds. The van der Waals surface area contributed by atoms with E-state index in [1.165, 1.54) is 0 Å². The smallest absolute Gasteiger partial charge is 0.138 e. The van der Waals surface area contributed by atoms with Crippen LogP contribution in [0.3, 0.4) is 0 Å². The number of fused-ring (bicyclic) bond motifs is 3. The molecule has 0 unspecified atom stereocenters. The van der Waals surface area contributed by atoms with Crippen LogP contribution in [0.1, 0.15) is 41.6 Å². The second-order valence-corrected chi connectivity index (χ2v) is 5.96. The molecule has 0 atom stereocenters. The van der Waals surface area contributed by atoms with E-state index in [0.717, 1.165) is 21.9 Å². The molecule has 98 valence electrons. The lowest BCUT2D eigenvalue weighted by molar-refractivity contribution is 0.579. The molecule has 0 spiro atoms. The fraction of sp³-hybridized carbons (Fsp3) is 0.333. The third kappa shape index (κ3) is 1.85. The van der Waals surface area contributed by atoms with Crippen LogP contribution in [0.4, 0.5) is 0 Å². The topological polar surface area (TPSA) is 13.1 Å². The fourth-order valence-electron chi connectivity index (χ4n) is 2.66. The second kappa shape index (κ2) is 4.12. The number of benzene rings is 2. The van der Waals surface area contributed by atoms with Crippen LogP contribution in [-0.2, 0) is 11.8 Å². The van der Waals surface area contributed by atoms with Crippen molar-refractivity contribution in [2.75, 3.05) is 0 Å². The van der Waals surface area contributed by atoms with Crippen LogP contribution in [0.15, 0.2) is 40.8 Å². The Hall–Kier alpha value is -1.76. The highest BCUT2D eigenvalue weighted by molar-refractivity contribution is 6.06. The minimum absolute atomic E-state index is 0.133. The Morgan fingerprint density at radius 2 is 1.79 bits per heavy atom. The Kier molecular flexibility index (Phi) is 2.19. The number of rotatable bonds is 1. The van der Waals surface area contributed by atoms with Crippen LogP contribution in [-0.4, -0.2) is 0 Å². The SMILES string of the molecule is [2H]C([2H])(C)c1c(C(C)(C)C)ccc2c1oc1ccccc12. The summed E-state index contributed by atoms with van der Waals surface area (Å²) < 4.78 is 22.5. The van der Waals surface area contributed by atoms with E-state index < -0.39 is 6.37 Å². The minimum Gasteiger partial charge on any atom is -0.456 e. The van der Waals surface area contributed by atoms with Crippen LogP contribution < -0.4 is 0 Å². The Bertz CT molecular complexity index is 817. The van der Waals surface area contributed by atoms with Crippen molar-refractivity contribution in [3.05, 3.63) is 47.5 Å². The Labute approximate surface area is 117 Å². The van der Waals surface area contributed by atoms with Crippen LogP contribution >= 0.6 is 0 Å². The van der Waals surface area contributed by atoms with Gasteiger partial charge in [0.1, 0.15) is 11.2 Å². The normalized spacial score (nSPS) is 14.7. The first-order valence-electron chi connectivity index (χ1n) is 7.65. The lowest BCUT2D eigenvalue weighted by atomic mass is 9.82. The highest BCUT2D eigenvalue weighted by Crippen LogP contribution is 2.36. The van der Waals surface area contributed by atoms with E-state index in [0.29, 0.717) is 11.1 Å². The van der Waals surface area contributed by atoms with E-state index in [1.807, 2.05) is 30.3 Å². The highest BCUT2D eigenvalue weighted by Gasteiger charge is 2.21. The van der Waals surface area contributed by atoms with Crippen LogP contribution in [0.25, 0.3) is 21.9 Å². The number of hydrogen-bond donors (Lipinski definition) is 0. The Morgan fingerprint density at radius 1 is 1.05 bits per heavy atom. The summed E-state index contributed by atoms with van der Waals surface area (Å²) in [7, 11) is 0. The summed E-state index contributed by atoms with van der Waals surface area (Å²) >= 11 is 0. The molecule has 1 heterocycles. The number of para-hydroxylation sites is 1. The Morgan fingerprint density at radius 3 is 2.47 bits per heavy atom. The average molecular weight is 254 g/mol. The van der Waals surface area contributed by atoms with Gasteiger partial charge in [-0.25, -0.2) is 0 Å². The van der Waals surface area contributed by atoms with Gasteiger partial charge in [0.15, 0.2) is 0 Å². The summed E-state index contributed by atoms with van der Waals surface area (Å²) in [6, 6.07) is 12.0. The fourth-order valence-corrected chi connectivity index (χ4v) is 2.66. The molecule has 0 bridgehead atoms. The van der Waals surface area contributed by atoms with E-state index in [1.54, 1.807) is 6.92 Å². The molecule has 0 N–H and O–H groups in total. The van der Waals surface area contributed by atoms with Crippen molar-refractivity contribution in [2.45, 2.75) is 39.5 Å². The molecule has 0 aliphatic rings. The van der Waals surface area contributed by atoms with Gasteiger partial charge in [-0.2, -0.15) is 0 Å². The van der Waals surface area contributed by atoms with E-state index >= 15 is 0 Å². The van der Waals surface area contributed by atoms with Gasteiger partial charge in [-0.3, -0.25) is 0 Å². The van der Waals surface area contributed by atoms with Crippen molar-refractivity contribution < 1.29 is 7.16 Å². The van der Waals surface area contributed by atoms with Crippen LogP contribution in [0.5, 0.6) is 0 Å². The molecule has 1 heteroatoms. The molecule has 1 nitrogen and oxygen atoms in total. The van der Waals surface area contributed by atoms with Crippen molar-refractivity contribution in [1.82, 2.24) is 0 Å². The lowest BCUT2D eigenvalue weighted by Crippen LogP contribution is -2.14. The zero-order valence-corrected chi connectivity index (χ0v) is 11.9. The largest absolute Gasteiger partial charge is 0.456 e. The van der Waals surface area contributed by atoms with Gasteiger partial charge in [-0.05, 0) is 29.0 Å². The standard InChI is InChI=1S/C18H20O/c1-5-12-15(18(2,3)4)11-10-14-13-8-6-7-9-16(13)19-17(12)14/h6-11H,5H2,1-4H3/i5D2. The first-order chi connectivity index (χ1) is 9.69. The molecule has 2 aromatic carbocycles.